The number of fused-ring (bicyclic) bond motifs is 1. The highest BCUT2D eigenvalue weighted by Crippen LogP contribution is 2.33. The third-order valence-corrected chi connectivity index (χ3v) is 7.50. The van der Waals surface area contributed by atoms with Gasteiger partial charge in [0.15, 0.2) is 5.16 Å². The molecule has 1 amide bonds. The summed E-state index contributed by atoms with van der Waals surface area (Å²) in [7, 11) is 1.94. The molecule has 3 aromatic heterocycles. The van der Waals surface area contributed by atoms with Gasteiger partial charge in [0.1, 0.15) is 17.6 Å². The van der Waals surface area contributed by atoms with Crippen LogP contribution in [0.25, 0.3) is 22.2 Å². The van der Waals surface area contributed by atoms with E-state index in [9.17, 15) is 4.79 Å². The van der Waals surface area contributed by atoms with E-state index in [1.54, 1.807) is 24.5 Å². The van der Waals surface area contributed by atoms with Crippen LogP contribution in [0.15, 0.2) is 64.8 Å². The van der Waals surface area contributed by atoms with E-state index in [-0.39, 0.29) is 24.5 Å². The number of thioether (sulfide) groups is 1. The van der Waals surface area contributed by atoms with Gasteiger partial charge in [-0.2, -0.15) is 9.98 Å². The molecule has 0 radical (unpaired) electrons. The molecule has 0 bridgehead atoms. The number of aromatic amines is 1. The molecule has 42 heavy (non-hydrogen) atoms. The Labute approximate surface area is 248 Å². The second-order valence-corrected chi connectivity index (χ2v) is 10.8. The summed E-state index contributed by atoms with van der Waals surface area (Å²) in [6.45, 7) is 5.58. The van der Waals surface area contributed by atoms with Gasteiger partial charge in [-0.1, -0.05) is 23.9 Å². The zero-order valence-electron chi connectivity index (χ0n) is 24.1. The number of nitrogens with zero attached hydrogens (tertiary/aromatic N) is 6. The molecule has 0 spiro atoms. The Bertz CT molecular complexity index is 1650. The van der Waals surface area contributed by atoms with Crippen molar-refractivity contribution in [3.63, 3.8) is 0 Å². The molecule has 0 aliphatic carbocycles. The number of amidine groups is 1. The van der Waals surface area contributed by atoms with Crippen LogP contribution in [0.1, 0.15) is 18.9 Å². The number of H-pyrrole nitrogens is 1. The summed E-state index contributed by atoms with van der Waals surface area (Å²) in [5, 5.41) is 6.63. The van der Waals surface area contributed by atoms with Crippen molar-refractivity contribution >= 4 is 46.0 Å². The topological polar surface area (TPSA) is 164 Å². The van der Waals surface area contributed by atoms with Crippen LogP contribution in [0.3, 0.4) is 0 Å². The molecule has 1 aliphatic rings. The normalized spacial score (nSPS) is 16.2. The zero-order valence-corrected chi connectivity index (χ0v) is 24.9. The number of amides is 1. The van der Waals surface area contributed by atoms with E-state index in [1.165, 1.54) is 11.8 Å². The molecule has 13 heteroatoms. The number of para-hydroxylation sites is 1. The summed E-state index contributed by atoms with van der Waals surface area (Å²) in [4.78, 5) is 40.4. The molecule has 218 valence electrons. The maximum atomic E-state index is 13.1. The third kappa shape index (κ3) is 6.93. The Morgan fingerprint density at radius 1 is 1.33 bits per heavy atom. The molecular weight excluding hydrogens is 552 g/mol. The van der Waals surface area contributed by atoms with Crippen LogP contribution in [0.2, 0.25) is 0 Å². The predicted molar refractivity (Wildman–Crippen MR) is 165 cm³/mol. The van der Waals surface area contributed by atoms with Crippen molar-refractivity contribution in [3.05, 3.63) is 60.2 Å². The number of carbonyl (C=O) groups is 1. The summed E-state index contributed by atoms with van der Waals surface area (Å²) in [6.07, 6.45) is 9.82. The highest BCUT2D eigenvalue weighted by atomic mass is 32.2. The second-order valence-electron chi connectivity index (χ2n) is 10.0. The number of rotatable bonds is 10. The number of nitrogens with one attached hydrogen (secondary N) is 2. The van der Waals surface area contributed by atoms with Crippen molar-refractivity contribution in [2.24, 2.45) is 10.7 Å². The van der Waals surface area contributed by atoms with Crippen LogP contribution >= 0.6 is 11.8 Å². The van der Waals surface area contributed by atoms with Gasteiger partial charge in [-0.15, -0.1) is 0 Å². The van der Waals surface area contributed by atoms with E-state index in [1.807, 2.05) is 56.9 Å². The monoisotopic (exact) mass is 587 g/mol. The van der Waals surface area contributed by atoms with Gasteiger partial charge in [-0.3, -0.25) is 9.69 Å². The maximum absolute atomic E-state index is 13.1. The standard InChI is InChI=1S/C29H34N10O2S/c1-17-13-34-28(36-23(30)12-18(2)31-3)38-26(17)21-14-33-27-20(21)6-5-7-22(27)35-24(40)16-39-11-9-19(15-39)41-25-8-10-32-29(37-25)42-4/h5-8,10,12-14,19,31,33H,9,11,15-16H2,1-4H3,(H,35,40)(H2,30,34,36,38)/p+1/b18-12-/t19-/m0/s1. The first-order valence-corrected chi connectivity index (χ1v) is 14.9. The van der Waals surface area contributed by atoms with Crippen LogP contribution in [0, 0.1) is 6.92 Å². The van der Waals surface area contributed by atoms with Gasteiger partial charge in [-0.25, -0.2) is 15.0 Å². The first kappa shape index (κ1) is 29.2. The van der Waals surface area contributed by atoms with Gasteiger partial charge in [0.2, 0.25) is 11.8 Å². The minimum Gasteiger partial charge on any atom is -0.473 e. The molecule has 12 nitrogen and oxygen atoms in total. The van der Waals surface area contributed by atoms with Crippen molar-refractivity contribution in [2.45, 2.75) is 31.5 Å². The molecule has 1 saturated heterocycles. The predicted octanol–water partition coefficient (Wildman–Crippen LogP) is 2.62. The molecule has 4 aromatic rings. The number of quaternary nitrogens is 1. The van der Waals surface area contributed by atoms with Gasteiger partial charge < -0.3 is 26.1 Å². The first-order valence-electron chi connectivity index (χ1n) is 13.6. The number of allylic oxidation sites excluding steroid dienone is 1. The Balaban J connectivity index is 1.27. The summed E-state index contributed by atoms with van der Waals surface area (Å²) >= 11 is 1.47. The van der Waals surface area contributed by atoms with Gasteiger partial charge >= 0.3 is 0 Å². The molecule has 0 unspecified atom stereocenters. The van der Waals surface area contributed by atoms with Crippen molar-refractivity contribution in [1.29, 1.82) is 0 Å². The molecule has 5 rings (SSSR count). The average Bonchev–Trinajstić information content (AvgIpc) is 3.61. The molecule has 1 atom stereocenters. The van der Waals surface area contributed by atoms with Crippen molar-refractivity contribution in [3.8, 4) is 17.1 Å². The number of hydrogen-bond donors (Lipinski definition) is 4. The minimum atomic E-state index is -0.0935. The van der Waals surface area contributed by atoms with Crippen LogP contribution < -0.4 is 21.1 Å². The van der Waals surface area contributed by atoms with Gasteiger partial charge in [-0.05, 0) is 31.2 Å². The summed E-state index contributed by atoms with van der Waals surface area (Å²) < 4.78 is 6.04. The molecule has 1 fully saturated rings. The van der Waals surface area contributed by atoms with Crippen molar-refractivity contribution in [2.75, 3.05) is 38.3 Å². The van der Waals surface area contributed by atoms with E-state index < -0.39 is 0 Å². The number of carbonyl (C=O) groups excluding carboxylic acids is 1. The highest BCUT2D eigenvalue weighted by Gasteiger charge is 2.26. The number of benzene rings is 1. The third-order valence-electron chi connectivity index (χ3n) is 6.94. The zero-order chi connectivity index (χ0) is 29.6. The highest BCUT2D eigenvalue weighted by molar-refractivity contribution is 7.98. The van der Waals surface area contributed by atoms with E-state index in [4.69, 9.17) is 15.5 Å². The Kier molecular flexibility index (Phi) is 9.10. The van der Waals surface area contributed by atoms with Crippen molar-refractivity contribution < 1.29 is 14.8 Å². The maximum Gasteiger partial charge on any atom is 0.251 e. The van der Waals surface area contributed by atoms with E-state index >= 15 is 0 Å². The SMILES string of the molecule is C[NH2+]/C(C)=C\C(N)=N/c1ncc(C)c(-c2c[nH]c3c(NC(=O)CN4CC[C@H](Oc5ccnc(SC)n5)C4)cccc23)n1. The summed E-state index contributed by atoms with van der Waals surface area (Å²) in [5.41, 5.74) is 11.1. The lowest BCUT2D eigenvalue weighted by molar-refractivity contribution is -0.575. The van der Waals surface area contributed by atoms with E-state index in [0.717, 1.165) is 46.4 Å². The van der Waals surface area contributed by atoms with Crippen LogP contribution in [-0.2, 0) is 4.79 Å². The molecular formula is C29H35N10O2S+. The fraction of sp³-hybridized carbons (Fsp3) is 0.310. The molecule has 6 N–H and O–H groups in total. The second kappa shape index (κ2) is 13.1. The number of ether oxygens (including phenoxy) is 1. The van der Waals surface area contributed by atoms with E-state index in [2.05, 4.69) is 35.1 Å². The number of aliphatic imine (C=N–C) groups is 1. The number of likely N-dealkylation sites (tertiary alicyclic amines) is 1. The molecule has 1 aromatic carbocycles. The molecule has 4 heterocycles. The summed E-state index contributed by atoms with van der Waals surface area (Å²) in [6, 6.07) is 7.56. The number of aromatic nitrogens is 5. The smallest absolute Gasteiger partial charge is 0.251 e. The largest absolute Gasteiger partial charge is 0.473 e. The van der Waals surface area contributed by atoms with Gasteiger partial charge in [0.05, 0.1) is 30.5 Å². The Morgan fingerprint density at radius 2 is 2.19 bits per heavy atom. The fourth-order valence-electron chi connectivity index (χ4n) is 4.77. The lowest BCUT2D eigenvalue weighted by Crippen LogP contribution is -2.76. The Morgan fingerprint density at radius 3 is 3.00 bits per heavy atom. The number of anilines is 1. The Hall–Kier alpha value is -4.33. The van der Waals surface area contributed by atoms with Gasteiger partial charge in [0.25, 0.3) is 5.95 Å². The van der Waals surface area contributed by atoms with Crippen LogP contribution in [0.5, 0.6) is 5.88 Å². The molecule has 0 saturated carbocycles. The first-order chi connectivity index (χ1) is 20.3. The average molecular weight is 588 g/mol. The minimum absolute atomic E-state index is 0.0255. The van der Waals surface area contributed by atoms with Crippen molar-refractivity contribution in [1.82, 2.24) is 29.8 Å². The van der Waals surface area contributed by atoms with Crippen LogP contribution in [0.4, 0.5) is 11.6 Å². The lowest BCUT2D eigenvalue weighted by Gasteiger charge is -2.16. The van der Waals surface area contributed by atoms with Gasteiger partial charge in [0, 0.05) is 61.7 Å². The number of aryl methyl sites for hydroxylation is 1. The summed E-state index contributed by atoms with van der Waals surface area (Å²) in [5.74, 6) is 1.08. The lowest BCUT2D eigenvalue weighted by atomic mass is 10.1. The van der Waals surface area contributed by atoms with Crippen LogP contribution in [-0.4, -0.2) is 80.6 Å². The quantitative estimate of drug-likeness (QED) is 0.0945. The fourth-order valence-corrected chi connectivity index (χ4v) is 5.12. The van der Waals surface area contributed by atoms with E-state index in [0.29, 0.717) is 29.1 Å². The molecule has 1 aliphatic heterocycles. The number of hydrogen-bond acceptors (Lipinski definition) is 9. The number of nitrogens with two attached hydrogens (primary N) is 2.